The summed E-state index contributed by atoms with van der Waals surface area (Å²) >= 11 is 2.11. The van der Waals surface area contributed by atoms with E-state index in [0.29, 0.717) is 5.41 Å². The van der Waals surface area contributed by atoms with Gasteiger partial charge >= 0.3 is 0 Å². The Morgan fingerprint density at radius 2 is 2.00 bits per heavy atom. The second kappa shape index (κ2) is 3.22. The molecule has 0 spiro atoms. The monoisotopic (exact) mass is 185 g/mol. The summed E-state index contributed by atoms with van der Waals surface area (Å²) in [5.41, 5.74) is 0.519. The van der Waals surface area contributed by atoms with Crippen LogP contribution >= 0.6 is 11.8 Å². The molecule has 2 heteroatoms. The summed E-state index contributed by atoms with van der Waals surface area (Å²) in [7, 11) is 0. The molecule has 1 aliphatic carbocycles. The molecule has 70 valence electrons. The Morgan fingerprint density at radius 1 is 1.25 bits per heavy atom. The highest BCUT2D eigenvalue weighted by Gasteiger charge is 2.35. The van der Waals surface area contributed by atoms with Crippen molar-refractivity contribution in [1.29, 1.82) is 0 Å². The van der Waals surface area contributed by atoms with Gasteiger partial charge in [0.1, 0.15) is 0 Å². The summed E-state index contributed by atoms with van der Waals surface area (Å²) in [5, 5.41) is 3.77. The van der Waals surface area contributed by atoms with Crippen molar-refractivity contribution in [1.82, 2.24) is 5.32 Å². The highest BCUT2D eigenvalue weighted by atomic mass is 32.2. The molecule has 1 saturated heterocycles. The van der Waals surface area contributed by atoms with E-state index in [0.717, 1.165) is 12.1 Å². The lowest BCUT2D eigenvalue weighted by molar-refractivity contribution is 0.259. The maximum Gasteiger partial charge on any atom is 0.0137 e. The van der Waals surface area contributed by atoms with Crippen molar-refractivity contribution >= 4 is 11.8 Å². The minimum absolute atomic E-state index is 0.519. The Morgan fingerprint density at radius 3 is 2.58 bits per heavy atom. The molecule has 12 heavy (non-hydrogen) atoms. The Bertz CT molecular complexity index is 163. The summed E-state index contributed by atoms with van der Waals surface area (Å²) in [6.45, 7) is 4.80. The predicted molar refractivity (Wildman–Crippen MR) is 55.7 cm³/mol. The van der Waals surface area contributed by atoms with Crippen molar-refractivity contribution in [2.75, 3.05) is 11.5 Å². The maximum atomic E-state index is 3.77. The van der Waals surface area contributed by atoms with Gasteiger partial charge in [-0.05, 0) is 36.2 Å². The van der Waals surface area contributed by atoms with Gasteiger partial charge in [-0.25, -0.2) is 0 Å². The van der Waals surface area contributed by atoms with Crippen LogP contribution in [0, 0.1) is 5.41 Å². The van der Waals surface area contributed by atoms with E-state index in [9.17, 15) is 0 Å². The van der Waals surface area contributed by atoms with Crippen LogP contribution < -0.4 is 5.32 Å². The first-order chi connectivity index (χ1) is 5.68. The standard InChI is InChI=1S/C10H19NS/c1-10(2)7-12-6-5-9(10)11-8-3-4-8/h8-9,11H,3-7H2,1-2H3. The number of thioether (sulfide) groups is 1. The molecule has 0 aromatic heterocycles. The van der Waals surface area contributed by atoms with E-state index < -0.39 is 0 Å². The van der Waals surface area contributed by atoms with Gasteiger partial charge in [-0.1, -0.05) is 13.8 Å². The highest BCUT2D eigenvalue weighted by molar-refractivity contribution is 7.99. The first kappa shape index (κ1) is 8.89. The topological polar surface area (TPSA) is 12.0 Å². The zero-order valence-electron chi connectivity index (χ0n) is 8.10. The maximum absolute atomic E-state index is 3.77. The van der Waals surface area contributed by atoms with Crippen molar-refractivity contribution in [3.8, 4) is 0 Å². The first-order valence-corrected chi connectivity index (χ1v) is 6.18. The van der Waals surface area contributed by atoms with Gasteiger partial charge in [-0.3, -0.25) is 0 Å². The fourth-order valence-electron chi connectivity index (χ4n) is 1.87. The van der Waals surface area contributed by atoms with Crippen molar-refractivity contribution in [3.05, 3.63) is 0 Å². The van der Waals surface area contributed by atoms with E-state index in [1.165, 1.54) is 30.8 Å². The molecule has 0 aromatic rings. The summed E-state index contributed by atoms with van der Waals surface area (Å²) < 4.78 is 0. The van der Waals surface area contributed by atoms with Gasteiger partial charge in [0.2, 0.25) is 0 Å². The minimum atomic E-state index is 0.519. The van der Waals surface area contributed by atoms with Gasteiger partial charge in [0.25, 0.3) is 0 Å². The fraction of sp³-hybridized carbons (Fsp3) is 1.00. The van der Waals surface area contributed by atoms with Gasteiger partial charge < -0.3 is 5.32 Å². The van der Waals surface area contributed by atoms with Crippen molar-refractivity contribution in [2.45, 2.75) is 45.2 Å². The number of hydrogen-bond acceptors (Lipinski definition) is 2. The van der Waals surface area contributed by atoms with Gasteiger partial charge in [-0.2, -0.15) is 11.8 Å². The Labute approximate surface area is 79.7 Å². The summed E-state index contributed by atoms with van der Waals surface area (Å²) in [6.07, 6.45) is 4.20. The van der Waals surface area contributed by atoms with Crippen LogP contribution in [-0.2, 0) is 0 Å². The molecule has 1 N–H and O–H groups in total. The molecular weight excluding hydrogens is 166 g/mol. The molecule has 1 heterocycles. The molecule has 1 aliphatic heterocycles. The van der Waals surface area contributed by atoms with Crippen LogP contribution in [0.4, 0.5) is 0 Å². The molecular formula is C10H19NS. The van der Waals surface area contributed by atoms with Gasteiger partial charge in [0, 0.05) is 12.1 Å². The van der Waals surface area contributed by atoms with Gasteiger partial charge in [-0.15, -0.1) is 0 Å². The van der Waals surface area contributed by atoms with Gasteiger partial charge in [0.15, 0.2) is 0 Å². The molecule has 0 radical (unpaired) electrons. The molecule has 0 amide bonds. The summed E-state index contributed by atoms with van der Waals surface area (Å²) in [6, 6.07) is 1.66. The third-order valence-electron chi connectivity index (χ3n) is 2.98. The Hall–Kier alpha value is 0.310. The Balaban J connectivity index is 1.90. The lowest BCUT2D eigenvalue weighted by Crippen LogP contribution is -2.47. The van der Waals surface area contributed by atoms with E-state index in [-0.39, 0.29) is 0 Å². The van der Waals surface area contributed by atoms with Crippen LogP contribution in [0.1, 0.15) is 33.1 Å². The quantitative estimate of drug-likeness (QED) is 0.708. The normalized spacial score (nSPS) is 35.0. The molecule has 1 nitrogen and oxygen atoms in total. The van der Waals surface area contributed by atoms with E-state index in [1.807, 2.05) is 0 Å². The SMILES string of the molecule is CC1(C)CSCCC1NC1CC1. The van der Waals surface area contributed by atoms with Crippen LogP contribution in [0.25, 0.3) is 0 Å². The zero-order valence-corrected chi connectivity index (χ0v) is 8.91. The smallest absolute Gasteiger partial charge is 0.0137 e. The number of nitrogens with one attached hydrogen (secondary N) is 1. The summed E-state index contributed by atoms with van der Waals surface area (Å²) in [5.74, 6) is 2.69. The number of hydrogen-bond donors (Lipinski definition) is 1. The zero-order chi connectivity index (χ0) is 8.60. The second-order valence-electron chi connectivity index (χ2n) is 4.82. The molecule has 1 saturated carbocycles. The van der Waals surface area contributed by atoms with E-state index in [1.54, 1.807) is 0 Å². The van der Waals surface area contributed by atoms with E-state index >= 15 is 0 Å². The number of rotatable bonds is 2. The molecule has 0 bridgehead atoms. The Kier molecular flexibility index (Phi) is 2.39. The molecule has 2 rings (SSSR count). The lowest BCUT2D eigenvalue weighted by Gasteiger charge is -2.39. The van der Waals surface area contributed by atoms with Crippen LogP contribution in [0.3, 0.4) is 0 Å². The summed E-state index contributed by atoms with van der Waals surface area (Å²) in [4.78, 5) is 0. The third kappa shape index (κ3) is 1.97. The highest BCUT2D eigenvalue weighted by Crippen LogP contribution is 2.35. The largest absolute Gasteiger partial charge is 0.311 e. The molecule has 0 aromatic carbocycles. The van der Waals surface area contributed by atoms with Crippen LogP contribution in [0.15, 0.2) is 0 Å². The second-order valence-corrected chi connectivity index (χ2v) is 5.93. The molecule has 1 atom stereocenters. The average molecular weight is 185 g/mol. The predicted octanol–water partition coefficient (Wildman–Crippen LogP) is 2.27. The molecule has 2 fully saturated rings. The van der Waals surface area contributed by atoms with Crippen molar-refractivity contribution in [3.63, 3.8) is 0 Å². The first-order valence-electron chi connectivity index (χ1n) is 5.02. The van der Waals surface area contributed by atoms with Crippen molar-refractivity contribution in [2.24, 2.45) is 5.41 Å². The van der Waals surface area contributed by atoms with E-state index in [2.05, 4.69) is 30.9 Å². The third-order valence-corrected chi connectivity index (χ3v) is 4.46. The molecule has 2 aliphatic rings. The average Bonchev–Trinajstić information content (AvgIpc) is 2.77. The molecule has 1 unspecified atom stereocenters. The van der Waals surface area contributed by atoms with Gasteiger partial charge in [0.05, 0.1) is 0 Å². The van der Waals surface area contributed by atoms with E-state index in [4.69, 9.17) is 0 Å². The van der Waals surface area contributed by atoms with Crippen LogP contribution in [0.2, 0.25) is 0 Å². The van der Waals surface area contributed by atoms with Crippen LogP contribution in [0.5, 0.6) is 0 Å². The minimum Gasteiger partial charge on any atom is -0.311 e. The van der Waals surface area contributed by atoms with Crippen LogP contribution in [-0.4, -0.2) is 23.6 Å². The van der Waals surface area contributed by atoms with Crippen molar-refractivity contribution < 1.29 is 0 Å². The fourth-order valence-corrected chi connectivity index (χ4v) is 3.15. The lowest BCUT2D eigenvalue weighted by atomic mass is 9.84.